The van der Waals surface area contributed by atoms with Gasteiger partial charge in [0, 0.05) is 48.4 Å². The van der Waals surface area contributed by atoms with Gasteiger partial charge in [0.2, 0.25) is 5.91 Å². The minimum atomic E-state index is -0.501. The molecule has 0 atom stereocenters. The van der Waals surface area contributed by atoms with Crippen LogP contribution in [0.3, 0.4) is 0 Å². The normalized spacial score (nSPS) is 13.9. The van der Waals surface area contributed by atoms with Crippen LogP contribution in [0.2, 0.25) is 0 Å². The Bertz CT molecular complexity index is 1120. The Morgan fingerprint density at radius 3 is 2.79 bits per heavy atom. The molecule has 0 unspecified atom stereocenters. The van der Waals surface area contributed by atoms with Crippen molar-refractivity contribution in [2.75, 3.05) is 0 Å². The smallest absolute Gasteiger partial charge is 0.328 e. The van der Waals surface area contributed by atoms with Crippen LogP contribution in [0.5, 0.6) is 0 Å². The van der Waals surface area contributed by atoms with Crippen molar-refractivity contribution in [3.8, 4) is 0 Å². The first kappa shape index (κ1) is 18.3. The zero-order valence-corrected chi connectivity index (χ0v) is 15.7. The highest BCUT2D eigenvalue weighted by Crippen LogP contribution is 2.29. The molecule has 1 aliphatic rings. The topological polar surface area (TPSA) is 99.8 Å². The molecular weight excluding hydrogens is 356 g/mol. The number of fused-ring (bicyclic) bond motifs is 3. The highest BCUT2D eigenvalue weighted by molar-refractivity contribution is 5.85. The number of amides is 1. The van der Waals surface area contributed by atoms with Crippen molar-refractivity contribution in [3.63, 3.8) is 0 Å². The summed E-state index contributed by atoms with van der Waals surface area (Å²) in [4.78, 5) is 40.6. The molecular formula is C21H24N4O3. The highest BCUT2D eigenvalue weighted by Gasteiger charge is 2.14. The minimum Gasteiger partial charge on any atom is -0.358 e. The van der Waals surface area contributed by atoms with E-state index in [2.05, 4.69) is 27.4 Å². The fourth-order valence-electron chi connectivity index (χ4n) is 3.87. The molecule has 28 heavy (non-hydrogen) atoms. The first-order valence-electron chi connectivity index (χ1n) is 9.79. The van der Waals surface area contributed by atoms with Gasteiger partial charge in [-0.2, -0.15) is 0 Å². The second kappa shape index (κ2) is 7.88. The Balaban J connectivity index is 1.39. The van der Waals surface area contributed by atoms with Crippen LogP contribution in [0.4, 0.5) is 0 Å². The summed E-state index contributed by atoms with van der Waals surface area (Å²) in [6.45, 7) is 0.682. The Morgan fingerprint density at radius 1 is 1.07 bits per heavy atom. The molecule has 0 spiro atoms. The molecule has 3 aromatic rings. The number of benzene rings is 1. The van der Waals surface area contributed by atoms with Crippen LogP contribution in [0, 0.1) is 0 Å². The first-order valence-corrected chi connectivity index (χ1v) is 9.79. The molecule has 2 aromatic heterocycles. The van der Waals surface area contributed by atoms with E-state index in [4.69, 9.17) is 0 Å². The molecule has 4 rings (SSSR count). The predicted octanol–water partition coefficient (Wildman–Crippen LogP) is 1.99. The average molecular weight is 380 g/mol. The van der Waals surface area contributed by atoms with Crippen molar-refractivity contribution in [1.29, 1.82) is 0 Å². The monoisotopic (exact) mass is 380 g/mol. The van der Waals surface area contributed by atoms with Gasteiger partial charge in [0.15, 0.2) is 0 Å². The largest absolute Gasteiger partial charge is 0.358 e. The molecule has 3 N–H and O–H groups in total. The summed E-state index contributed by atoms with van der Waals surface area (Å²) in [5, 5.41) is 4.18. The molecule has 2 heterocycles. The van der Waals surface area contributed by atoms with Gasteiger partial charge in [-0.05, 0) is 48.9 Å². The van der Waals surface area contributed by atoms with E-state index in [1.165, 1.54) is 58.3 Å². The van der Waals surface area contributed by atoms with Gasteiger partial charge in [-0.15, -0.1) is 0 Å². The van der Waals surface area contributed by atoms with Crippen LogP contribution in [0.25, 0.3) is 10.9 Å². The Morgan fingerprint density at radius 2 is 1.93 bits per heavy atom. The van der Waals surface area contributed by atoms with Crippen LogP contribution in [0.15, 0.2) is 40.1 Å². The molecule has 0 aliphatic heterocycles. The van der Waals surface area contributed by atoms with Crippen LogP contribution < -0.4 is 16.6 Å². The van der Waals surface area contributed by atoms with Gasteiger partial charge in [-0.25, -0.2) is 4.79 Å². The van der Waals surface area contributed by atoms with Gasteiger partial charge in [-0.1, -0.05) is 12.5 Å². The fraction of sp³-hybridized carbons (Fsp3) is 0.381. The molecule has 0 saturated carbocycles. The number of nitrogens with zero attached hydrogens (tertiary/aromatic N) is 1. The van der Waals surface area contributed by atoms with Crippen LogP contribution in [-0.2, 0) is 30.7 Å². The van der Waals surface area contributed by atoms with Gasteiger partial charge in [-0.3, -0.25) is 14.6 Å². The van der Waals surface area contributed by atoms with Crippen molar-refractivity contribution in [2.45, 2.75) is 51.6 Å². The number of aromatic amines is 2. The van der Waals surface area contributed by atoms with Crippen LogP contribution in [0.1, 0.15) is 42.5 Å². The van der Waals surface area contributed by atoms with E-state index < -0.39 is 11.2 Å². The van der Waals surface area contributed by atoms with Crippen molar-refractivity contribution in [2.24, 2.45) is 0 Å². The van der Waals surface area contributed by atoms with Crippen molar-refractivity contribution < 1.29 is 4.79 Å². The maximum absolute atomic E-state index is 12.2. The van der Waals surface area contributed by atoms with Gasteiger partial charge < -0.3 is 14.9 Å². The maximum atomic E-state index is 12.2. The van der Waals surface area contributed by atoms with E-state index in [1.807, 2.05) is 6.07 Å². The van der Waals surface area contributed by atoms with Crippen molar-refractivity contribution in [1.82, 2.24) is 19.9 Å². The number of aryl methyl sites for hydroxylation is 3. The number of hydrogen-bond donors (Lipinski definition) is 3. The molecule has 1 aromatic carbocycles. The van der Waals surface area contributed by atoms with E-state index in [9.17, 15) is 14.4 Å². The third-order valence-electron chi connectivity index (χ3n) is 5.38. The Kier molecular flexibility index (Phi) is 5.14. The van der Waals surface area contributed by atoms with E-state index in [-0.39, 0.29) is 18.9 Å². The lowest BCUT2D eigenvalue weighted by Crippen LogP contribution is -2.31. The quantitative estimate of drug-likeness (QED) is 0.590. The molecule has 0 radical (unpaired) electrons. The molecule has 146 valence electrons. The predicted molar refractivity (Wildman–Crippen MR) is 107 cm³/mol. The lowest BCUT2D eigenvalue weighted by Gasteiger charge is -2.07. The number of rotatable bonds is 5. The molecule has 0 saturated heterocycles. The maximum Gasteiger partial charge on any atom is 0.328 e. The number of hydrogen-bond acceptors (Lipinski definition) is 3. The Labute approximate surface area is 161 Å². The van der Waals surface area contributed by atoms with Crippen molar-refractivity contribution >= 4 is 16.8 Å². The fourth-order valence-corrected chi connectivity index (χ4v) is 3.87. The van der Waals surface area contributed by atoms with E-state index in [0.29, 0.717) is 6.54 Å². The standard InChI is InChI=1S/C21H24N4O3/c26-19(8-10-25-11-9-20(27)24-21(25)28)22-13-14-6-7-18-16(12-14)15-4-2-1-3-5-17(15)23-18/h6-7,9,11-12,23H,1-5,8,10,13H2,(H,22,26)(H,24,27,28). The number of carbonyl (C=O) groups excluding carboxylic acids is 1. The summed E-state index contributed by atoms with van der Waals surface area (Å²) in [6, 6.07) is 7.56. The van der Waals surface area contributed by atoms with E-state index >= 15 is 0 Å². The average Bonchev–Trinajstić information content (AvgIpc) is 2.85. The summed E-state index contributed by atoms with van der Waals surface area (Å²) >= 11 is 0. The van der Waals surface area contributed by atoms with Gasteiger partial charge >= 0.3 is 5.69 Å². The molecule has 0 bridgehead atoms. The number of H-pyrrole nitrogens is 2. The number of aromatic nitrogens is 3. The highest BCUT2D eigenvalue weighted by atomic mass is 16.2. The summed E-state index contributed by atoms with van der Waals surface area (Å²) in [5.41, 5.74) is 4.08. The third kappa shape index (κ3) is 3.93. The second-order valence-electron chi connectivity index (χ2n) is 7.35. The first-order chi connectivity index (χ1) is 13.6. The van der Waals surface area contributed by atoms with E-state index in [1.54, 1.807) is 0 Å². The summed E-state index contributed by atoms with van der Waals surface area (Å²) in [7, 11) is 0. The van der Waals surface area contributed by atoms with Crippen molar-refractivity contribution in [3.05, 3.63) is 68.1 Å². The Hall–Kier alpha value is -3.09. The summed E-state index contributed by atoms with van der Waals surface area (Å²) in [6.07, 6.45) is 7.54. The third-order valence-corrected chi connectivity index (χ3v) is 5.38. The zero-order valence-electron chi connectivity index (χ0n) is 15.7. The van der Waals surface area contributed by atoms with Crippen LogP contribution in [-0.4, -0.2) is 20.4 Å². The number of carbonyl (C=O) groups is 1. The molecule has 0 fully saturated rings. The van der Waals surface area contributed by atoms with Gasteiger partial charge in [0.1, 0.15) is 0 Å². The van der Waals surface area contributed by atoms with E-state index in [0.717, 1.165) is 18.4 Å². The molecule has 1 aliphatic carbocycles. The zero-order chi connectivity index (χ0) is 19.5. The molecule has 7 heteroatoms. The van der Waals surface area contributed by atoms with Gasteiger partial charge in [0.05, 0.1) is 0 Å². The second-order valence-corrected chi connectivity index (χ2v) is 7.35. The summed E-state index contributed by atoms with van der Waals surface area (Å²) in [5.74, 6) is -0.133. The molecule has 7 nitrogen and oxygen atoms in total. The lowest BCUT2D eigenvalue weighted by molar-refractivity contribution is -0.121. The SMILES string of the molecule is O=C(CCn1ccc(=O)[nH]c1=O)NCc1ccc2[nH]c3c(c2c1)CCCCC3. The molecule has 1 amide bonds. The van der Waals surface area contributed by atoms with Crippen LogP contribution >= 0.6 is 0 Å². The van der Waals surface area contributed by atoms with Gasteiger partial charge in [0.25, 0.3) is 5.56 Å². The lowest BCUT2D eigenvalue weighted by atomic mass is 10.0. The summed E-state index contributed by atoms with van der Waals surface area (Å²) < 4.78 is 1.32. The minimum absolute atomic E-state index is 0.133. The number of nitrogens with one attached hydrogen (secondary N) is 3.